The maximum atomic E-state index is 14.1. The van der Waals surface area contributed by atoms with Gasteiger partial charge in [-0.25, -0.2) is 17.6 Å². The molecule has 0 amide bonds. The quantitative estimate of drug-likeness (QED) is 0.545. The predicted molar refractivity (Wildman–Crippen MR) is 97.4 cm³/mol. The Kier molecular flexibility index (Phi) is 6.02. The van der Waals surface area contributed by atoms with E-state index >= 15 is 0 Å². The Morgan fingerprint density at radius 2 is 1.81 bits per heavy atom. The molecule has 0 aliphatic carbocycles. The van der Waals surface area contributed by atoms with Gasteiger partial charge in [-0.05, 0) is 36.4 Å². The Morgan fingerprint density at radius 3 is 2.48 bits per heavy atom. The molecule has 0 spiro atoms. The van der Waals surface area contributed by atoms with Gasteiger partial charge in [-0.1, -0.05) is 23.2 Å². The molecule has 6 nitrogen and oxygen atoms in total. The molecule has 0 atom stereocenters. The second-order valence-electron chi connectivity index (χ2n) is 5.62. The predicted octanol–water partition coefficient (Wildman–Crippen LogP) is 3.37. The van der Waals surface area contributed by atoms with Crippen molar-refractivity contribution < 1.29 is 27.1 Å². The van der Waals surface area contributed by atoms with Gasteiger partial charge < -0.3 is 9.47 Å². The number of hydrogen-bond donors (Lipinski definition) is 0. The third-order valence-corrected chi connectivity index (χ3v) is 6.29. The molecule has 0 bridgehead atoms. The lowest BCUT2D eigenvalue weighted by molar-refractivity contribution is 0.0725. The number of rotatable bonds is 4. The van der Waals surface area contributed by atoms with Gasteiger partial charge in [-0.3, -0.25) is 0 Å². The van der Waals surface area contributed by atoms with Crippen LogP contribution in [0, 0.1) is 5.82 Å². The van der Waals surface area contributed by atoms with E-state index in [9.17, 15) is 17.6 Å². The van der Waals surface area contributed by atoms with Gasteiger partial charge in [0.2, 0.25) is 10.0 Å². The number of benzene rings is 2. The number of morpholine rings is 1. The fourth-order valence-electron chi connectivity index (χ4n) is 2.47. The summed E-state index contributed by atoms with van der Waals surface area (Å²) in [5.41, 5.74) is -0.518. The molecular formula is C17H14Cl2FNO5S. The second-order valence-corrected chi connectivity index (χ2v) is 8.40. The van der Waals surface area contributed by atoms with Gasteiger partial charge in [0.05, 0.1) is 28.7 Å². The number of carbonyl (C=O) groups excluding carboxylic acids is 1. The molecule has 1 heterocycles. The summed E-state index contributed by atoms with van der Waals surface area (Å²) in [6.07, 6.45) is 0. The molecule has 0 N–H and O–H groups in total. The van der Waals surface area contributed by atoms with Crippen molar-refractivity contribution in [3.05, 3.63) is 57.8 Å². The minimum atomic E-state index is -3.89. The van der Waals surface area contributed by atoms with E-state index in [0.717, 1.165) is 18.2 Å². The minimum absolute atomic E-state index is 0.0214. The van der Waals surface area contributed by atoms with Crippen LogP contribution in [0.2, 0.25) is 10.0 Å². The zero-order valence-corrected chi connectivity index (χ0v) is 16.2. The van der Waals surface area contributed by atoms with Gasteiger partial charge in [-0.2, -0.15) is 4.31 Å². The van der Waals surface area contributed by atoms with Crippen LogP contribution in [0.25, 0.3) is 0 Å². The van der Waals surface area contributed by atoms with Crippen molar-refractivity contribution in [1.82, 2.24) is 4.31 Å². The zero-order chi connectivity index (χ0) is 19.6. The van der Waals surface area contributed by atoms with Crippen LogP contribution in [0.4, 0.5) is 4.39 Å². The Bertz CT molecular complexity index is 977. The molecule has 1 aliphatic heterocycles. The summed E-state index contributed by atoms with van der Waals surface area (Å²) in [4.78, 5) is 12.1. The third kappa shape index (κ3) is 4.41. The fourth-order valence-corrected chi connectivity index (χ4v) is 4.35. The van der Waals surface area contributed by atoms with E-state index in [0.29, 0.717) is 5.02 Å². The molecule has 3 rings (SSSR count). The van der Waals surface area contributed by atoms with Gasteiger partial charge in [0.15, 0.2) is 0 Å². The lowest BCUT2D eigenvalue weighted by Crippen LogP contribution is -2.40. The van der Waals surface area contributed by atoms with E-state index in [4.69, 9.17) is 32.7 Å². The van der Waals surface area contributed by atoms with E-state index in [-0.39, 0.29) is 42.0 Å². The number of ether oxygens (including phenoxy) is 2. The molecule has 1 aliphatic rings. The average molecular weight is 434 g/mol. The molecule has 0 unspecified atom stereocenters. The standard InChI is InChI=1S/C17H14Cl2FNO5S/c18-11-1-4-16(14(19)9-11)26-17(22)13-10-12(2-3-15(13)20)27(23,24)21-5-7-25-8-6-21/h1-4,9-10H,5-8H2. The number of sulfonamides is 1. The molecule has 2 aromatic carbocycles. The Morgan fingerprint density at radius 1 is 1.11 bits per heavy atom. The largest absolute Gasteiger partial charge is 0.421 e. The van der Waals surface area contributed by atoms with Crippen molar-refractivity contribution in [2.75, 3.05) is 26.3 Å². The molecule has 10 heteroatoms. The van der Waals surface area contributed by atoms with Crippen LogP contribution in [0.15, 0.2) is 41.3 Å². The minimum Gasteiger partial charge on any atom is -0.421 e. The van der Waals surface area contributed by atoms with E-state index < -0.39 is 27.4 Å². The van der Waals surface area contributed by atoms with Crippen LogP contribution >= 0.6 is 23.2 Å². The van der Waals surface area contributed by atoms with Crippen molar-refractivity contribution >= 4 is 39.2 Å². The highest BCUT2D eigenvalue weighted by Gasteiger charge is 2.28. The first kappa shape index (κ1) is 20.0. The monoisotopic (exact) mass is 433 g/mol. The van der Waals surface area contributed by atoms with Crippen molar-refractivity contribution in [3.8, 4) is 5.75 Å². The topological polar surface area (TPSA) is 72.9 Å². The molecule has 0 aromatic heterocycles. The molecular weight excluding hydrogens is 420 g/mol. The fraction of sp³-hybridized carbons (Fsp3) is 0.235. The Hall–Kier alpha value is -1.71. The average Bonchev–Trinajstić information content (AvgIpc) is 2.65. The normalized spacial score (nSPS) is 15.5. The van der Waals surface area contributed by atoms with E-state index in [1.54, 1.807) is 0 Å². The molecule has 27 heavy (non-hydrogen) atoms. The summed E-state index contributed by atoms with van der Waals surface area (Å²) in [6.45, 7) is 0.897. The van der Waals surface area contributed by atoms with Crippen LogP contribution in [0.1, 0.15) is 10.4 Å². The molecule has 144 valence electrons. The van der Waals surface area contributed by atoms with Crippen LogP contribution < -0.4 is 4.74 Å². The van der Waals surface area contributed by atoms with Gasteiger partial charge in [0.25, 0.3) is 0 Å². The van der Waals surface area contributed by atoms with Crippen LogP contribution in [-0.4, -0.2) is 45.0 Å². The van der Waals surface area contributed by atoms with Crippen LogP contribution in [0.3, 0.4) is 0 Å². The lowest BCUT2D eigenvalue weighted by atomic mass is 10.2. The molecule has 2 aromatic rings. The smallest absolute Gasteiger partial charge is 0.346 e. The number of nitrogens with zero attached hydrogens (tertiary/aromatic N) is 1. The van der Waals surface area contributed by atoms with E-state index in [2.05, 4.69) is 0 Å². The number of esters is 1. The summed E-state index contributed by atoms with van der Waals surface area (Å²) < 4.78 is 50.9. The number of halogens is 3. The lowest BCUT2D eigenvalue weighted by Gasteiger charge is -2.26. The first-order valence-corrected chi connectivity index (χ1v) is 10.0. The van der Waals surface area contributed by atoms with Gasteiger partial charge in [-0.15, -0.1) is 0 Å². The summed E-state index contributed by atoms with van der Waals surface area (Å²) >= 11 is 11.7. The number of carbonyl (C=O) groups is 1. The van der Waals surface area contributed by atoms with E-state index in [1.165, 1.54) is 22.5 Å². The summed E-state index contributed by atoms with van der Waals surface area (Å²) in [6, 6.07) is 7.13. The van der Waals surface area contributed by atoms with Gasteiger partial charge >= 0.3 is 5.97 Å². The third-order valence-electron chi connectivity index (χ3n) is 3.86. The highest BCUT2D eigenvalue weighted by Crippen LogP contribution is 2.29. The SMILES string of the molecule is O=C(Oc1ccc(Cl)cc1Cl)c1cc(S(=O)(=O)N2CCOCC2)ccc1F. The summed E-state index contributed by atoms with van der Waals surface area (Å²) in [5, 5.41) is 0.401. The van der Waals surface area contributed by atoms with Crippen molar-refractivity contribution in [2.45, 2.75) is 4.90 Å². The highest BCUT2D eigenvalue weighted by molar-refractivity contribution is 7.89. The number of hydrogen-bond acceptors (Lipinski definition) is 5. The van der Waals surface area contributed by atoms with Crippen molar-refractivity contribution in [1.29, 1.82) is 0 Å². The molecule has 1 fully saturated rings. The Balaban J connectivity index is 1.89. The maximum absolute atomic E-state index is 14.1. The first-order chi connectivity index (χ1) is 12.8. The first-order valence-electron chi connectivity index (χ1n) is 7.84. The van der Waals surface area contributed by atoms with Gasteiger partial charge in [0.1, 0.15) is 11.6 Å². The second kappa shape index (κ2) is 8.12. The van der Waals surface area contributed by atoms with Crippen LogP contribution in [0.5, 0.6) is 5.75 Å². The highest BCUT2D eigenvalue weighted by atomic mass is 35.5. The van der Waals surface area contributed by atoms with Crippen molar-refractivity contribution in [3.63, 3.8) is 0 Å². The molecule has 0 saturated carbocycles. The zero-order valence-electron chi connectivity index (χ0n) is 13.8. The van der Waals surface area contributed by atoms with Crippen molar-refractivity contribution in [2.24, 2.45) is 0 Å². The van der Waals surface area contributed by atoms with Crippen LogP contribution in [-0.2, 0) is 14.8 Å². The summed E-state index contributed by atoms with van der Waals surface area (Å²) in [5.74, 6) is -2.01. The molecule has 0 radical (unpaired) electrons. The molecule has 1 saturated heterocycles. The van der Waals surface area contributed by atoms with Gasteiger partial charge in [0, 0.05) is 18.1 Å². The maximum Gasteiger partial charge on any atom is 0.346 e. The van der Waals surface area contributed by atoms with E-state index in [1.807, 2.05) is 0 Å². The Labute approximate surface area is 165 Å². The summed E-state index contributed by atoms with van der Waals surface area (Å²) in [7, 11) is -3.89.